The molecule has 0 unspecified atom stereocenters. The zero-order valence-electron chi connectivity index (χ0n) is 5.02. The molecule has 0 aromatic heterocycles. The summed E-state index contributed by atoms with van der Waals surface area (Å²) < 4.78 is 13.5. The SMILES string of the molecule is Cc1cc([Se])ccc1F. The molecule has 0 fully saturated rings. The Kier molecular flexibility index (Phi) is 1.89. The van der Waals surface area contributed by atoms with E-state index in [-0.39, 0.29) is 5.82 Å². The van der Waals surface area contributed by atoms with Crippen molar-refractivity contribution in [3.63, 3.8) is 0 Å². The Morgan fingerprint density at radius 1 is 1.44 bits per heavy atom. The zero-order valence-corrected chi connectivity index (χ0v) is 6.73. The fourth-order valence-electron chi connectivity index (χ4n) is 0.617. The predicted octanol–water partition coefficient (Wildman–Crippen LogP) is 0.928. The normalized spacial score (nSPS) is 9.56. The first-order valence-corrected chi connectivity index (χ1v) is 3.49. The Bertz CT molecular complexity index is 220. The van der Waals surface area contributed by atoms with E-state index in [2.05, 4.69) is 16.0 Å². The molecule has 0 aliphatic heterocycles. The van der Waals surface area contributed by atoms with Crippen molar-refractivity contribution in [2.24, 2.45) is 0 Å². The average molecular weight is 188 g/mol. The number of hydrogen-bond donors (Lipinski definition) is 0. The van der Waals surface area contributed by atoms with Crippen molar-refractivity contribution < 1.29 is 4.39 Å². The van der Waals surface area contributed by atoms with Crippen LogP contribution < -0.4 is 4.46 Å². The predicted molar refractivity (Wildman–Crippen MR) is 36.5 cm³/mol. The van der Waals surface area contributed by atoms with Gasteiger partial charge in [-0.3, -0.25) is 0 Å². The van der Waals surface area contributed by atoms with Gasteiger partial charge < -0.3 is 0 Å². The van der Waals surface area contributed by atoms with Crippen molar-refractivity contribution in [2.75, 3.05) is 0 Å². The molecule has 1 rings (SSSR count). The topological polar surface area (TPSA) is 0 Å². The van der Waals surface area contributed by atoms with Gasteiger partial charge in [-0.25, -0.2) is 0 Å². The van der Waals surface area contributed by atoms with Gasteiger partial charge in [0.1, 0.15) is 0 Å². The summed E-state index contributed by atoms with van der Waals surface area (Å²) in [6, 6.07) is 4.94. The van der Waals surface area contributed by atoms with Gasteiger partial charge in [0.2, 0.25) is 0 Å². The van der Waals surface area contributed by atoms with E-state index in [4.69, 9.17) is 0 Å². The van der Waals surface area contributed by atoms with Gasteiger partial charge >= 0.3 is 61.4 Å². The molecule has 9 heavy (non-hydrogen) atoms. The van der Waals surface area contributed by atoms with Crippen LogP contribution in [0.25, 0.3) is 0 Å². The van der Waals surface area contributed by atoms with Crippen LogP contribution in [0.5, 0.6) is 0 Å². The van der Waals surface area contributed by atoms with Gasteiger partial charge in [0.15, 0.2) is 0 Å². The minimum absolute atomic E-state index is 0.144. The van der Waals surface area contributed by atoms with Gasteiger partial charge in [0.25, 0.3) is 0 Å². The fraction of sp³-hybridized carbons (Fsp3) is 0.143. The Labute approximate surface area is 61.9 Å². The standard InChI is InChI=1S/C7H6FSe/c1-5-4-6(9)2-3-7(5)8/h2-4H,1H3. The molecule has 0 bridgehead atoms. The Balaban J connectivity index is 3.17. The first-order chi connectivity index (χ1) is 4.20. The Hall–Kier alpha value is -0.331. The summed E-state index contributed by atoms with van der Waals surface area (Å²) >= 11 is 2.80. The van der Waals surface area contributed by atoms with Crippen molar-refractivity contribution >= 4 is 20.5 Å². The molecule has 2 heteroatoms. The van der Waals surface area contributed by atoms with Crippen molar-refractivity contribution in [3.05, 3.63) is 29.6 Å². The summed E-state index contributed by atoms with van der Waals surface area (Å²) in [5.41, 5.74) is 0.686. The molecule has 0 saturated heterocycles. The molecule has 0 atom stereocenters. The van der Waals surface area contributed by atoms with Crippen LogP contribution in [0.4, 0.5) is 4.39 Å². The van der Waals surface area contributed by atoms with E-state index in [1.165, 1.54) is 6.07 Å². The molecule has 0 aliphatic carbocycles. The molecule has 0 amide bonds. The molecular formula is C7H6FSe. The number of benzene rings is 1. The van der Waals surface area contributed by atoms with Crippen LogP contribution in [0.3, 0.4) is 0 Å². The van der Waals surface area contributed by atoms with Crippen LogP contribution in [0.1, 0.15) is 5.56 Å². The van der Waals surface area contributed by atoms with Crippen LogP contribution in [0.2, 0.25) is 0 Å². The quantitative estimate of drug-likeness (QED) is 0.531. The van der Waals surface area contributed by atoms with Crippen molar-refractivity contribution in [2.45, 2.75) is 6.92 Å². The number of hydrogen-bond acceptors (Lipinski definition) is 0. The van der Waals surface area contributed by atoms with E-state index >= 15 is 0 Å². The van der Waals surface area contributed by atoms with Crippen LogP contribution in [0.15, 0.2) is 18.2 Å². The average Bonchev–Trinajstić information content (AvgIpc) is 1.80. The summed E-state index contributed by atoms with van der Waals surface area (Å²) in [7, 11) is 0. The van der Waals surface area contributed by atoms with E-state index < -0.39 is 0 Å². The van der Waals surface area contributed by atoms with Gasteiger partial charge in [0.05, 0.1) is 0 Å². The molecule has 0 heterocycles. The second-order valence-electron chi connectivity index (χ2n) is 1.91. The van der Waals surface area contributed by atoms with Crippen LogP contribution in [-0.4, -0.2) is 16.0 Å². The summed E-state index contributed by atoms with van der Waals surface area (Å²) in [6.07, 6.45) is 0. The molecule has 0 saturated carbocycles. The monoisotopic (exact) mass is 189 g/mol. The molecule has 1 radical (unpaired) electrons. The van der Waals surface area contributed by atoms with E-state index in [1.54, 1.807) is 19.1 Å². The van der Waals surface area contributed by atoms with Gasteiger partial charge in [-0.1, -0.05) is 0 Å². The number of halogens is 1. The van der Waals surface area contributed by atoms with Crippen molar-refractivity contribution in [3.8, 4) is 0 Å². The van der Waals surface area contributed by atoms with Crippen molar-refractivity contribution in [1.29, 1.82) is 0 Å². The molecule has 47 valence electrons. The van der Waals surface area contributed by atoms with E-state index in [1.807, 2.05) is 0 Å². The summed E-state index contributed by atoms with van der Waals surface area (Å²) in [4.78, 5) is 0. The first-order valence-electron chi connectivity index (χ1n) is 2.63. The third kappa shape index (κ3) is 1.54. The van der Waals surface area contributed by atoms with Gasteiger partial charge in [-0.15, -0.1) is 0 Å². The second kappa shape index (κ2) is 2.51. The number of rotatable bonds is 0. The van der Waals surface area contributed by atoms with Gasteiger partial charge in [-0.2, -0.15) is 0 Å². The first kappa shape index (κ1) is 6.78. The molecule has 1 aromatic carbocycles. The van der Waals surface area contributed by atoms with Crippen LogP contribution >= 0.6 is 0 Å². The summed E-state index contributed by atoms with van der Waals surface area (Å²) in [5.74, 6) is -0.144. The zero-order chi connectivity index (χ0) is 6.85. The Morgan fingerprint density at radius 2 is 2.11 bits per heavy atom. The minimum atomic E-state index is -0.144. The Morgan fingerprint density at radius 3 is 2.56 bits per heavy atom. The molecule has 0 N–H and O–H groups in total. The molecule has 0 nitrogen and oxygen atoms in total. The molecular weight excluding hydrogens is 182 g/mol. The summed E-state index contributed by atoms with van der Waals surface area (Å²) in [5, 5.41) is 0. The maximum absolute atomic E-state index is 12.5. The van der Waals surface area contributed by atoms with Gasteiger partial charge in [-0.05, 0) is 0 Å². The molecule has 1 aromatic rings. The van der Waals surface area contributed by atoms with E-state index in [0.29, 0.717) is 5.56 Å². The van der Waals surface area contributed by atoms with E-state index in [0.717, 1.165) is 4.46 Å². The number of aryl methyl sites for hydroxylation is 1. The summed E-state index contributed by atoms with van der Waals surface area (Å²) in [6.45, 7) is 1.75. The third-order valence-corrected chi connectivity index (χ3v) is 1.66. The fourth-order valence-corrected chi connectivity index (χ4v) is 1.13. The molecule has 0 spiro atoms. The van der Waals surface area contributed by atoms with E-state index in [9.17, 15) is 4.39 Å². The maximum atomic E-state index is 12.5. The van der Waals surface area contributed by atoms with Gasteiger partial charge in [0, 0.05) is 0 Å². The van der Waals surface area contributed by atoms with Crippen LogP contribution in [0, 0.1) is 12.7 Å². The third-order valence-electron chi connectivity index (χ3n) is 1.13. The van der Waals surface area contributed by atoms with Crippen molar-refractivity contribution in [1.82, 2.24) is 0 Å². The second-order valence-corrected chi connectivity index (χ2v) is 2.90. The van der Waals surface area contributed by atoms with Crippen LogP contribution in [-0.2, 0) is 0 Å². The molecule has 0 aliphatic rings.